The fraction of sp³-hybridized carbons (Fsp3) is 0.720. The number of nitrogens with zero attached hydrogens (tertiary/aromatic N) is 4. The van der Waals surface area contributed by atoms with Gasteiger partial charge in [-0.1, -0.05) is 13.8 Å². The van der Waals surface area contributed by atoms with Crippen molar-refractivity contribution in [3.05, 3.63) is 12.4 Å². The number of carbonyl (C=O) groups is 3. The lowest BCUT2D eigenvalue weighted by Gasteiger charge is -2.41. The number of hydrogen-bond donors (Lipinski definition) is 2. The summed E-state index contributed by atoms with van der Waals surface area (Å²) in [6.45, 7) is 17.0. The number of carboxylic acid groups (broad SMARTS) is 1. The third kappa shape index (κ3) is 6.55. The SMILES string of the molecule is CC(C)[C@H](NC(=O)OC(C)(C)C)C(=O)N1CCN(c2ncc(B3OC(C)(C)C(C)(C)O3)cn2)[C@@H](C(=O)O)C1. The first kappa shape index (κ1) is 29.6. The summed E-state index contributed by atoms with van der Waals surface area (Å²) < 4.78 is 17.4. The van der Waals surface area contributed by atoms with E-state index >= 15 is 0 Å². The zero-order valence-corrected chi connectivity index (χ0v) is 23.8. The standard InChI is InChI=1S/C25H40BN5O7/c1-15(2)18(29-22(35)36-23(3,4)5)19(32)30-10-11-31(17(14-30)20(33)34)21-27-12-16(13-28-21)26-37-24(6,7)25(8,9)38-26/h12-13,15,17-18H,10-11,14H2,1-9H3,(H,29,35)(H,33,34)/t17-,18+/m1/s1. The van der Waals surface area contributed by atoms with Crippen molar-refractivity contribution in [2.24, 2.45) is 5.92 Å². The highest BCUT2D eigenvalue weighted by Crippen LogP contribution is 2.36. The van der Waals surface area contributed by atoms with Gasteiger partial charge in [0, 0.05) is 30.9 Å². The molecule has 3 heterocycles. The number of aromatic nitrogens is 2. The Morgan fingerprint density at radius 2 is 1.66 bits per heavy atom. The van der Waals surface area contributed by atoms with E-state index in [2.05, 4.69) is 15.3 Å². The summed E-state index contributed by atoms with van der Waals surface area (Å²) in [5.74, 6) is -1.48. The molecule has 2 atom stereocenters. The van der Waals surface area contributed by atoms with Crippen LogP contribution in [0.15, 0.2) is 12.4 Å². The van der Waals surface area contributed by atoms with E-state index in [1.807, 2.05) is 27.7 Å². The molecule has 0 aromatic carbocycles. The zero-order valence-electron chi connectivity index (χ0n) is 23.8. The Labute approximate surface area is 224 Å². The second-order valence-corrected chi connectivity index (χ2v) is 12.1. The van der Waals surface area contributed by atoms with Gasteiger partial charge in [0.05, 0.1) is 17.7 Å². The highest BCUT2D eigenvalue weighted by Gasteiger charge is 2.52. The van der Waals surface area contributed by atoms with Gasteiger partial charge < -0.3 is 34.3 Å². The van der Waals surface area contributed by atoms with E-state index in [9.17, 15) is 19.5 Å². The van der Waals surface area contributed by atoms with Gasteiger partial charge >= 0.3 is 19.2 Å². The molecule has 1 aromatic heterocycles. The summed E-state index contributed by atoms with van der Waals surface area (Å²) in [5, 5.41) is 12.6. The van der Waals surface area contributed by atoms with E-state index in [1.165, 1.54) is 4.90 Å². The van der Waals surface area contributed by atoms with Crippen LogP contribution in [-0.2, 0) is 23.6 Å². The molecule has 13 heteroatoms. The van der Waals surface area contributed by atoms with Crippen LogP contribution in [0.1, 0.15) is 62.3 Å². The van der Waals surface area contributed by atoms with Crippen molar-refractivity contribution in [3.8, 4) is 0 Å². The van der Waals surface area contributed by atoms with E-state index in [0.717, 1.165) is 0 Å². The largest absolute Gasteiger partial charge is 0.498 e. The Hall–Kier alpha value is -2.93. The number of ether oxygens (including phenoxy) is 1. The topological polar surface area (TPSA) is 143 Å². The average Bonchev–Trinajstić information content (AvgIpc) is 3.02. The number of rotatable bonds is 6. The van der Waals surface area contributed by atoms with Gasteiger partial charge in [-0.15, -0.1) is 0 Å². The molecular formula is C25H40BN5O7. The van der Waals surface area contributed by atoms with E-state index in [0.29, 0.717) is 5.46 Å². The molecule has 3 rings (SSSR count). The Kier molecular flexibility index (Phi) is 8.33. The number of anilines is 1. The summed E-state index contributed by atoms with van der Waals surface area (Å²) in [7, 11) is -0.635. The van der Waals surface area contributed by atoms with Gasteiger partial charge in [-0.25, -0.2) is 19.6 Å². The number of carboxylic acids is 1. The molecule has 0 bridgehead atoms. The van der Waals surface area contributed by atoms with Gasteiger partial charge in [0.2, 0.25) is 11.9 Å². The van der Waals surface area contributed by atoms with Crippen LogP contribution in [0.25, 0.3) is 0 Å². The molecule has 2 amide bonds. The monoisotopic (exact) mass is 533 g/mol. The maximum atomic E-state index is 13.3. The second kappa shape index (κ2) is 10.7. The lowest BCUT2D eigenvalue weighted by Crippen LogP contribution is -2.62. The van der Waals surface area contributed by atoms with E-state index in [1.54, 1.807) is 51.9 Å². The molecule has 0 radical (unpaired) electrons. The third-order valence-corrected chi connectivity index (χ3v) is 7.02. The van der Waals surface area contributed by atoms with Gasteiger partial charge in [-0.2, -0.15) is 0 Å². The minimum Gasteiger partial charge on any atom is -0.480 e. The molecule has 2 saturated heterocycles. The number of carbonyl (C=O) groups excluding carboxylic acids is 2. The molecule has 0 saturated carbocycles. The Morgan fingerprint density at radius 1 is 1.11 bits per heavy atom. The number of nitrogens with one attached hydrogen (secondary N) is 1. The van der Waals surface area contributed by atoms with Crippen molar-refractivity contribution < 1.29 is 33.5 Å². The van der Waals surface area contributed by atoms with Crippen molar-refractivity contribution >= 4 is 36.5 Å². The predicted molar refractivity (Wildman–Crippen MR) is 141 cm³/mol. The first-order valence-electron chi connectivity index (χ1n) is 12.9. The second-order valence-electron chi connectivity index (χ2n) is 12.1. The Morgan fingerprint density at radius 3 is 2.13 bits per heavy atom. The maximum Gasteiger partial charge on any atom is 0.498 e. The minimum absolute atomic E-state index is 0.0876. The van der Waals surface area contributed by atoms with Crippen LogP contribution < -0.4 is 15.7 Å². The van der Waals surface area contributed by atoms with Crippen LogP contribution in [0.5, 0.6) is 0 Å². The highest BCUT2D eigenvalue weighted by atomic mass is 16.7. The summed E-state index contributed by atoms with van der Waals surface area (Å²) in [6.07, 6.45) is 2.44. The quantitative estimate of drug-likeness (QED) is 0.516. The number of hydrogen-bond acceptors (Lipinski definition) is 9. The van der Waals surface area contributed by atoms with Gasteiger partial charge in [-0.05, 0) is 54.4 Å². The van der Waals surface area contributed by atoms with Gasteiger partial charge in [0.1, 0.15) is 17.7 Å². The fourth-order valence-corrected chi connectivity index (χ4v) is 4.16. The zero-order chi connectivity index (χ0) is 28.6. The summed E-state index contributed by atoms with van der Waals surface area (Å²) in [4.78, 5) is 49.7. The van der Waals surface area contributed by atoms with Crippen molar-refractivity contribution in [1.29, 1.82) is 0 Å². The third-order valence-electron chi connectivity index (χ3n) is 7.02. The van der Waals surface area contributed by atoms with Gasteiger partial charge in [0.15, 0.2) is 0 Å². The van der Waals surface area contributed by atoms with E-state index in [-0.39, 0.29) is 37.4 Å². The highest BCUT2D eigenvalue weighted by molar-refractivity contribution is 6.61. The first-order chi connectivity index (χ1) is 17.4. The van der Waals surface area contributed by atoms with Crippen LogP contribution in [0.4, 0.5) is 10.7 Å². The van der Waals surface area contributed by atoms with E-state index in [4.69, 9.17) is 14.0 Å². The van der Waals surface area contributed by atoms with Crippen LogP contribution in [0.3, 0.4) is 0 Å². The molecule has 2 aliphatic rings. The molecule has 2 fully saturated rings. The number of aliphatic carboxylic acids is 1. The normalized spacial score (nSPS) is 21.8. The molecule has 0 aliphatic carbocycles. The molecule has 0 unspecified atom stereocenters. The van der Waals surface area contributed by atoms with Crippen LogP contribution in [0.2, 0.25) is 0 Å². The molecule has 12 nitrogen and oxygen atoms in total. The Bertz CT molecular complexity index is 1030. The van der Waals surface area contributed by atoms with Crippen molar-refractivity contribution in [3.63, 3.8) is 0 Å². The number of piperazine rings is 1. The summed E-state index contributed by atoms with van der Waals surface area (Å²) in [5.41, 5.74) is -1.12. The molecule has 1 aromatic rings. The van der Waals surface area contributed by atoms with Crippen molar-refractivity contribution in [2.75, 3.05) is 24.5 Å². The van der Waals surface area contributed by atoms with Crippen LogP contribution in [0, 0.1) is 5.92 Å². The number of alkyl carbamates (subject to hydrolysis) is 1. The smallest absolute Gasteiger partial charge is 0.480 e. The molecule has 2 aliphatic heterocycles. The van der Waals surface area contributed by atoms with Crippen LogP contribution >= 0.6 is 0 Å². The molecule has 2 N–H and O–H groups in total. The average molecular weight is 533 g/mol. The summed E-state index contributed by atoms with van der Waals surface area (Å²) >= 11 is 0. The molecule has 0 spiro atoms. The molecule has 210 valence electrons. The van der Waals surface area contributed by atoms with E-state index < -0.39 is 48.1 Å². The van der Waals surface area contributed by atoms with Crippen molar-refractivity contribution in [1.82, 2.24) is 20.2 Å². The number of amides is 2. The minimum atomic E-state index is -1.11. The molecular weight excluding hydrogens is 493 g/mol. The lowest BCUT2D eigenvalue weighted by atomic mass is 9.81. The van der Waals surface area contributed by atoms with Crippen LogP contribution in [-0.4, -0.2) is 93.6 Å². The fourth-order valence-electron chi connectivity index (χ4n) is 4.16. The van der Waals surface area contributed by atoms with Gasteiger partial charge in [-0.3, -0.25) is 4.79 Å². The first-order valence-corrected chi connectivity index (χ1v) is 12.9. The summed E-state index contributed by atoms with van der Waals surface area (Å²) in [6, 6.07) is -1.92. The molecule has 38 heavy (non-hydrogen) atoms. The maximum absolute atomic E-state index is 13.3. The van der Waals surface area contributed by atoms with Gasteiger partial charge in [0.25, 0.3) is 0 Å². The predicted octanol–water partition coefficient (Wildman–Crippen LogP) is 1.43. The van der Waals surface area contributed by atoms with Crippen molar-refractivity contribution in [2.45, 2.75) is 91.2 Å². The lowest BCUT2D eigenvalue weighted by molar-refractivity contribution is -0.142. The Balaban J connectivity index is 1.71.